The quantitative estimate of drug-likeness (QED) is 0.0837. The number of carbonyl (C=O) groups excluding carboxylic acids is 3. The summed E-state index contributed by atoms with van der Waals surface area (Å²) >= 11 is 0. The van der Waals surface area contributed by atoms with Gasteiger partial charge in [-0.2, -0.15) is 0 Å². The molecule has 2 heterocycles. The SMILES string of the molecule is Cc1ccc(C(=O)OC2C(OC3C(O)COC(O[C@H]4C[C@H]5[C@@H]6CC=C7C[C@@H](O)CC[C@]7(C)C6CC[C@]5(C)[C@@]4(O)[C@H](C)C(=O)CCC(C)C)C3C)OCC(O)C2OC(=O)NCc2ccc(CN)cc2)cc1. The van der Waals surface area contributed by atoms with Gasteiger partial charge in [-0.3, -0.25) is 4.79 Å². The molecule has 5 fully saturated rings. The van der Waals surface area contributed by atoms with E-state index in [1.165, 1.54) is 5.57 Å². The number of alkyl carbamates (subject to hydrolysis) is 1. The molecule has 4 aliphatic carbocycles. The molecule has 17 atom stereocenters. The summed E-state index contributed by atoms with van der Waals surface area (Å²) in [4.78, 5) is 41.4. The molecule has 1 amide bonds. The lowest BCUT2D eigenvalue weighted by Gasteiger charge is -2.59. The van der Waals surface area contributed by atoms with E-state index < -0.39 is 84.1 Å². The number of rotatable bonds is 15. The van der Waals surface area contributed by atoms with Crippen molar-refractivity contribution in [2.24, 2.45) is 52.1 Å². The first kappa shape index (κ1) is 52.5. The Bertz CT molecular complexity index is 2190. The van der Waals surface area contributed by atoms with Crippen LogP contribution in [-0.2, 0) is 46.3 Å². The van der Waals surface area contributed by atoms with Gasteiger partial charge in [-0.15, -0.1) is 0 Å². The molecule has 0 spiro atoms. The summed E-state index contributed by atoms with van der Waals surface area (Å²) in [6.45, 7) is 14.1. The number of ether oxygens (including phenoxy) is 6. The highest BCUT2D eigenvalue weighted by Gasteiger charge is 2.70. The smallest absolute Gasteiger partial charge is 0.407 e. The lowest BCUT2D eigenvalue weighted by atomic mass is 9.46. The number of esters is 1. The Morgan fingerprint density at radius 2 is 1.51 bits per heavy atom. The molecule has 2 saturated heterocycles. The number of amides is 1. The number of carbonyl (C=O) groups is 3. The largest absolute Gasteiger partial charge is 0.449 e. The fourth-order valence-corrected chi connectivity index (χ4v) is 13.3. The van der Waals surface area contributed by atoms with Crippen LogP contribution in [0.15, 0.2) is 60.2 Å². The van der Waals surface area contributed by atoms with E-state index in [0.717, 1.165) is 42.4 Å². The maximum atomic E-state index is 14.2. The van der Waals surface area contributed by atoms with Crippen LogP contribution in [0.4, 0.5) is 4.79 Å². The zero-order valence-corrected chi connectivity index (χ0v) is 42.1. The van der Waals surface area contributed by atoms with Gasteiger partial charge in [0.15, 0.2) is 24.8 Å². The van der Waals surface area contributed by atoms with E-state index in [0.29, 0.717) is 50.5 Å². The molecule has 6 aliphatic rings. The Hall–Kier alpha value is -3.77. The van der Waals surface area contributed by atoms with Gasteiger partial charge in [0.2, 0.25) is 0 Å². The van der Waals surface area contributed by atoms with Crippen LogP contribution >= 0.6 is 0 Å². The van der Waals surface area contributed by atoms with Crippen molar-refractivity contribution in [1.29, 1.82) is 0 Å². The highest BCUT2D eigenvalue weighted by atomic mass is 16.7. The Morgan fingerprint density at radius 3 is 2.20 bits per heavy atom. The molecule has 70 heavy (non-hydrogen) atoms. The van der Waals surface area contributed by atoms with Crippen LogP contribution in [0.25, 0.3) is 0 Å². The predicted octanol–water partition coefficient (Wildman–Crippen LogP) is 6.42. The van der Waals surface area contributed by atoms with Gasteiger partial charge in [0.25, 0.3) is 0 Å². The number of aliphatic hydroxyl groups is 4. The Labute approximate surface area is 413 Å². The van der Waals surface area contributed by atoms with Crippen LogP contribution in [-0.4, -0.2) is 112 Å². The number of fused-ring (bicyclic) bond motifs is 5. The fraction of sp³-hybridized carbons (Fsp3) is 0.691. The number of benzene rings is 2. The number of aliphatic hydroxyl groups excluding tert-OH is 3. The van der Waals surface area contributed by atoms with Gasteiger partial charge in [-0.1, -0.05) is 95.2 Å². The Morgan fingerprint density at radius 1 is 0.843 bits per heavy atom. The van der Waals surface area contributed by atoms with Crippen molar-refractivity contribution in [1.82, 2.24) is 5.32 Å². The van der Waals surface area contributed by atoms with E-state index in [4.69, 9.17) is 34.2 Å². The van der Waals surface area contributed by atoms with E-state index in [-0.39, 0.29) is 54.5 Å². The lowest BCUT2D eigenvalue weighted by Crippen LogP contribution is -2.62. The number of Topliss-reactive ketones (excluding diaryl/α,β-unsaturated/α-hetero) is 1. The minimum Gasteiger partial charge on any atom is -0.449 e. The third-order valence-corrected chi connectivity index (χ3v) is 17.7. The number of nitrogens with one attached hydrogen (secondary N) is 1. The Kier molecular flexibility index (Phi) is 16.0. The lowest BCUT2D eigenvalue weighted by molar-refractivity contribution is -0.333. The van der Waals surface area contributed by atoms with Crippen molar-refractivity contribution in [2.75, 3.05) is 13.2 Å². The number of ketones is 1. The van der Waals surface area contributed by atoms with E-state index >= 15 is 0 Å². The average molecular weight is 975 g/mol. The molecule has 386 valence electrons. The first-order valence-corrected chi connectivity index (χ1v) is 25.8. The van der Waals surface area contributed by atoms with E-state index in [2.05, 4.69) is 39.1 Å². The number of hydrogen-bond acceptors (Lipinski definition) is 14. The first-order valence-electron chi connectivity index (χ1n) is 25.8. The highest BCUT2D eigenvalue weighted by molar-refractivity contribution is 5.89. The zero-order valence-electron chi connectivity index (χ0n) is 42.1. The predicted molar refractivity (Wildman–Crippen MR) is 259 cm³/mol. The van der Waals surface area contributed by atoms with Crippen molar-refractivity contribution < 1.29 is 63.2 Å². The van der Waals surface area contributed by atoms with E-state index in [1.54, 1.807) is 31.2 Å². The monoisotopic (exact) mass is 975 g/mol. The van der Waals surface area contributed by atoms with E-state index in [1.807, 2.05) is 38.1 Å². The van der Waals surface area contributed by atoms with Gasteiger partial charge in [-0.05, 0) is 111 Å². The molecule has 0 bridgehead atoms. The molecule has 9 unspecified atom stereocenters. The highest BCUT2D eigenvalue weighted by Crippen LogP contribution is 2.69. The summed E-state index contributed by atoms with van der Waals surface area (Å²) in [6.07, 6.45) is -2.42. The first-order chi connectivity index (χ1) is 33.3. The van der Waals surface area contributed by atoms with E-state index in [9.17, 15) is 34.8 Å². The molecular weight excluding hydrogens is 897 g/mol. The molecule has 3 saturated carbocycles. The van der Waals surface area contributed by atoms with Crippen molar-refractivity contribution in [3.05, 3.63) is 82.4 Å². The Balaban J connectivity index is 1.04. The van der Waals surface area contributed by atoms with Crippen LogP contribution in [0.3, 0.4) is 0 Å². The maximum Gasteiger partial charge on any atom is 0.407 e. The molecule has 8 rings (SSSR count). The summed E-state index contributed by atoms with van der Waals surface area (Å²) in [5.41, 5.74) is 7.65. The summed E-state index contributed by atoms with van der Waals surface area (Å²) in [7, 11) is 0. The summed E-state index contributed by atoms with van der Waals surface area (Å²) < 4.78 is 37.8. The standard InChI is InChI=1S/C55H78N2O13/c1-30(2)8-19-42(59)33(5)55(64)45(25-41-39-18-17-37-24-38(58)20-22-53(37,6)40(39)21-23-54(41,55)7)67-50-32(4)46(43(60)28-65-50)69-51-48(68-49(62)36-15-9-31(3)10-16-36)47(44(61)29-66-51)70-52(63)57-27-35-13-11-34(26-56)12-14-35/h9-17,30,32-33,38-41,43-48,50-51,58,60-61,64H,8,18-29,56H2,1-7H3,(H,57,63)/t32?,33-,38+,39-,40?,41+,43?,44?,45+,46?,47?,48?,50?,51?,53+,54+,55-/m1/s1. The molecule has 15 nitrogen and oxygen atoms in total. The third kappa shape index (κ3) is 10.3. The summed E-state index contributed by atoms with van der Waals surface area (Å²) in [5.74, 6) is -1.30. The van der Waals surface area contributed by atoms with Crippen molar-refractivity contribution in [3.63, 3.8) is 0 Å². The second-order valence-corrected chi connectivity index (χ2v) is 22.4. The topological polar surface area (TPSA) is 226 Å². The van der Waals surface area contributed by atoms with Crippen LogP contribution in [0.1, 0.15) is 126 Å². The van der Waals surface area contributed by atoms with Gasteiger partial charge >= 0.3 is 12.1 Å². The third-order valence-electron chi connectivity index (χ3n) is 17.7. The minimum atomic E-state index is -1.56. The molecule has 0 aromatic heterocycles. The molecular formula is C55H78N2O13. The molecule has 15 heteroatoms. The summed E-state index contributed by atoms with van der Waals surface area (Å²) in [5, 5.41) is 49.8. The van der Waals surface area contributed by atoms with Crippen LogP contribution in [0.2, 0.25) is 0 Å². The zero-order chi connectivity index (χ0) is 50.3. The molecule has 0 radical (unpaired) electrons. The number of allylic oxidation sites excluding steroid dienone is 1. The average Bonchev–Trinajstić information content (AvgIpc) is 3.57. The molecule has 7 N–H and O–H groups in total. The maximum absolute atomic E-state index is 14.2. The summed E-state index contributed by atoms with van der Waals surface area (Å²) in [6, 6.07) is 14.1. The van der Waals surface area contributed by atoms with Crippen LogP contribution < -0.4 is 11.1 Å². The minimum absolute atomic E-state index is 0.00317. The second-order valence-electron chi connectivity index (χ2n) is 22.4. The van der Waals surface area contributed by atoms with Crippen molar-refractivity contribution in [2.45, 2.75) is 180 Å². The molecule has 2 aliphatic heterocycles. The number of hydrogen-bond donors (Lipinski definition) is 6. The normalized spacial score (nSPS) is 38.6. The molecule has 2 aromatic rings. The molecule has 2 aromatic carbocycles. The fourth-order valence-electron chi connectivity index (χ4n) is 13.3. The second kappa shape index (κ2) is 21.4. The van der Waals surface area contributed by atoms with Crippen LogP contribution in [0.5, 0.6) is 0 Å². The number of aryl methyl sites for hydroxylation is 1. The van der Waals surface area contributed by atoms with Gasteiger partial charge in [0.1, 0.15) is 23.6 Å². The van der Waals surface area contributed by atoms with Crippen molar-refractivity contribution >= 4 is 17.8 Å². The van der Waals surface area contributed by atoms with Gasteiger partial charge in [0, 0.05) is 36.8 Å². The van der Waals surface area contributed by atoms with Gasteiger partial charge in [0.05, 0.1) is 37.1 Å². The van der Waals surface area contributed by atoms with Crippen LogP contribution in [0, 0.1) is 53.3 Å². The number of nitrogens with two attached hydrogens (primary N) is 1. The van der Waals surface area contributed by atoms with Gasteiger partial charge < -0.3 is 59.9 Å². The van der Waals surface area contributed by atoms with Gasteiger partial charge in [-0.25, -0.2) is 9.59 Å². The van der Waals surface area contributed by atoms with Crippen molar-refractivity contribution in [3.8, 4) is 0 Å².